The standard InChI is InChI=1S/C12H19N5O2/c1-10(2)8-16(5-3-4-13)6-7-17-9-11(12(18)19)14-15-17/h9-10H,3,5-8H2,1-2H3,(H,18,19). The number of nitriles is 1. The van der Waals surface area contributed by atoms with E-state index in [1.807, 2.05) is 0 Å². The van der Waals surface area contributed by atoms with E-state index in [1.54, 1.807) is 0 Å². The first-order valence-corrected chi connectivity index (χ1v) is 6.25. The molecule has 0 aliphatic rings. The van der Waals surface area contributed by atoms with E-state index in [2.05, 4.69) is 35.1 Å². The fraction of sp³-hybridized carbons (Fsp3) is 0.667. The highest BCUT2D eigenvalue weighted by atomic mass is 16.4. The van der Waals surface area contributed by atoms with Crippen LogP contribution in [0.15, 0.2) is 6.20 Å². The highest BCUT2D eigenvalue weighted by Crippen LogP contribution is 2.01. The lowest BCUT2D eigenvalue weighted by Gasteiger charge is -2.22. The van der Waals surface area contributed by atoms with Gasteiger partial charge >= 0.3 is 5.97 Å². The van der Waals surface area contributed by atoms with Crippen molar-refractivity contribution in [2.75, 3.05) is 19.6 Å². The van der Waals surface area contributed by atoms with Crippen LogP contribution in [0.2, 0.25) is 0 Å². The molecule has 1 heterocycles. The minimum absolute atomic E-state index is 0.0487. The van der Waals surface area contributed by atoms with Crippen molar-refractivity contribution in [1.82, 2.24) is 19.9 Å². The summed E-state index contributed by atoms with van der Waals surface area (Å²) in [6, 6.07) is 2.13. The van der Waals surface area contributed by atoms with E-state index >= 15 is 0 Å². The zero-order valence-corrected chi connectivity index (χ0v) is 11.3. The van der Waals surface area contributed by atoms with Crippen molar-refractivity contribution in [2.24, 2.45) is 5.92 Å². The number of aromatic nitrogens is 3. The Hall–Kier alpha value is -1.94. The Labute approximate surface area is 112 Å². The van der Waals surface area contributed by atoms with E-state index in [1.165, 1.54) is 10.9 Å². The maximum Gasteiger partial charge on any atom is 0.358 e. The zero-order chi connectivity index (χ0) is 14.3. The summed E-state index contributed by atoms with van der Waals surface area (Å²) in [5.74, 6) is -0.557. The van der Waals surface area contributed by atoms with Crippen LogP contribution in [0.3, 0.4) is 0 Å². The quantitative estimate of drug-likeness (QED) is 0.748. The Balaban J connectivity index is 2.49. The molecule has 7 heteroatoms. The Morgan fingerprint density at radius 3 is 2.84 bits per heavy atom. The van der Waals surface area contributed by atoms with E-state index in [9.17, 15) is 4.79 Å². The van der Waals surface area contributed by atoms with Gasteiger partial charge in [0.1, 0.15) is 0 Å². The second-order valence-electron chi connectivity index (χ2n) is 4.77. The Morgan fingerprint density at radius 1 is 1.58 bits per heavy atom. The van der Waals surface area contributed by atoms with Crippen molar-refractivity contribution in [3.63, 3.8) is 0 Å². The van der Waals surface area contributed by atoms with Gasteiger partial charge in [-0.15, -0.1) is 5.10 Å². The lowest BCUT2D eigenvalue weighted by molar-refractivity contribution is 0.0690. The van der Waals surface area contributed by atoms with Crippen molar-refractivity contribution in [3.8, 4) is 6.07 Å². The molecule has 1 aromatic rings. The normalized spacial score (nSPS) is 10.9. The van der Waals surface area contributed by atoms with Crippen molar-refractivity contribution in [3.05, 3.63) is 11.9 Å². The van der Waals surface area contributed by atoms with Gasteiger partial charge in [-0.05, 0) is 5.92 Å². The summed E-state index contributed by atoms with van der Waals surface area (Å²) < 4.78 is 1.52. The van der Waals surface area contributed by atoms with E-state index in [4.69, 9.17) is 10.4 Å². The molecule has 1 N–H and O–H groups in total. The molecule has 104 valence electrons. The molecular formula is C12H19N5O2. The molecule has 0 saturated carbocycles. The van der Waals surface area contributed by atoms with Gasteiger partial charge in [0, 0.05) is 26.1 Å². The van der Waals surface area contributed by atoms with Gasteiger partial charge in [0.2, 0.25) is 0 Å². The lowest BCUT2D eigenvalue weighted by Crippen LogP contribution is -2.32. The molecule has 1 aromatic heterocycles. The number of aromatic carboxylic acids is 1. The van der Waals surface area contributed by atoms with Crippen LogP contribution >= 0.6 is 0 Å². The molecule has 19 heavy (non-hydrogen) atoms. The van der Waals surface area contributed by atoms with Crippen molar-refractivity contribution < 1.29 is 9.90 Å². The van der Waals surface area contributed by atoms with Gasteiger partial charge in [0.05, 0.1) is 18.8 Å². The molecule has 0 aliphatic heterocycles. The van der Waals surface area contributed by atoms with Gasteiger partial charge in [-0.25, -0.2) is 4.79 Å². The Morgan fingerprint density at radius 2 is 2.32 bits per heavy atom. The van der Waals surface area contributed by atoms with Crippen LogP contribution in [0.25, 0.3) is 0 Å². The Kier molecular flexibility index (Phi) is 5.96. The van der Waals surface area contributed by atoms with Crippen LogP contribution in [-0.2, 0) is 6.54 Å². The molecular weight excluding hydrogens is 246 g/mol. The van der Waals surface area contributed by atoms with Gasteiger partial charge in [-0.1, -0.05) is 19.1 Å². The maximum absolute atomic E-state index is 10.7. The van der Waals surface area contributed by atoms with Gasteiger partial charge in [-0.3, -0.25) is 4.68 Å². The monoisotopic (exact) mass is 265 g/mol. The van der Waals surface area contributed by atoms with E-state index in [-0.39, 0.29) is 5.69 Å². The van der Waals surface area contributed by atoms with E-state index in [0.717, 1.165) is 19.6 Å². The summed E-state index contributed by atoms with van der Waals surface area (Å²) in [6.07, 6.45) is 1.91. The molecule has 0 aromatic carbocycles. The van der Waals surface area contributed by atoms with Crippen LogP contribution in [0.1, 0.15) is 30.8 Å². The predicted molar refractivity (Wildman–Crippen MR) is 68.5 cm³/mol. The average molecular weight is 265 g/mol. The fourth-order valence-corrected chi connectivity index (χ4v) is 1.77. The van der Waals surface area contributed by atoms with Crippen molar-refractivity contribution >= 4 is 5.97 Å². The van der Waals surface area contributed by atoms with Crippen molar-refractivity contribution in [2.45, 2.75) is 26.8 Å². The first kappa shape index (κ1) is 15.1. The fourth-order valence-electron chi connectivity index (χ4n) is 1.77. The van der Waals surface area contributed by atoms with Gasteiger partial charge in [0.25, 0.3) is 0 Å². The summed E-state index contributed by atoms with van der Waals surface area (Å²) in [6.45, 7) is 7.16. The van der Waals surface area contributed by atoms with E-state index < -0.39 is 5.97 Å². The summed E-state index contributed by atoms with van der Waals surface area (Å²) in [5, 5.41) is 24.7. The van der Waals surface area contributed by atoms with Crippen molar-refractivity contribution in [1.29, 1.82) is 5.26 Å². The number of hydrogen-bond donors (Lipinski definition) is 1. The molecule has 0 amide bonds. The SMILES string of the molecule is CC(C)CN(CCC#N)CCn1cc(C(=O)O)nn1. The molecule has 0 atom stereocenters. The summed E-state index contributed by atoms with van der Waals surface area (Å²) in [4.78, 5) is 12.9. The molecule has 7 nitrogen and oxygen atoms in total. The van der Waals surface area contributed by atoms with Crippen LogP contribution in [0.4, 0.5) is 0 Å². The number of hydrogen-bond acceptors (Lipinski definition) is 5. The third-order valence-corrected chi connectivity index (χ3v) is 2.57. The molecule has 0 radical (unpaired) electrons. The predicted octanol–water partition coefficient (Wildman–Crippen LogP) is 0.848. The number of carboxylic acid groups (broad SMARTS) is 1. The van der Waals surface area contributed by atoms with Crippen LogP contribution in [0.5, 0.6) is 0 Å². The summed E-state index contributed by atoms with van der Waals surface area (Å²) in [5.41, 5.74) is -0.0487. The first-order valence-electron chi connectivity index (χ1n) is 6.25. The van der Waals surface area contributed by atoms with Gasteiger partial charge in [-0.2, -0.15) is 5.26 Å². The highest BCUT2D eigenvalue weighted by Gasteiger charge is 2.10. The third kappa shape index (κ3) is 5.48. The number of nitrogens with zero attached hydrogens (tertiary/aromatic N) is 5. The largest absolute Gasteiger partial charge is 0.476 e. The van der Waals surface area contributed by atoms with Crippen LogP contribution < -0.4 is 0 Å². The highest BCUT2D eigenvalue weighted by molar-refractivity contribution is 5.84. The number of rotatable bonds is 8. The second-order valence-corrected chi connectivity index (χ2v) is 4.77. The third-order valence-electron chi connectivity index (χ3n) is 2.57. The van der Waals surface area contributed by atoms with Gasteiger partial charge < -0.3 is 10.0 Å². The van der Waals surface area contributed by atoms with Crippen LogP contribution in [0, 0.1) is 17.2 Å². The van der Waals surface area contributed by atoms with Gasteiger partial charge in [0.15, 0.2) is 5.69 Å². The Bertz CT molecular complexity index is 449. The molecule has 1 rings (SSSR count). The molecule has 0 spiro atoms. The molecule has 0 unspecified atom stereocenters. The first-order chi connectivity index (χ1) is 9.02. The minimum atomic E-state index is -1.07. The minimum Gasteiger partial charge on any atom is -0.476 e. The zero-order valence-electron chi connectivity index (χ0n) is 11.3. The maximum atomic E-state index is 10.7. The lowest BCUT2D eigenvalue weighted by atomic mass is 10.2. The molecule has 0 aliphatic carbocycles. The molecule has 0 fully saturated rings. The molecule has 0 bridgehead atoms. The van der Waals surface area contributed by atoms with Crippen LogP contribution in [-0.4, -0.2) is 50.6 Å². The average Bonchev–Trinajstić information content (AvgIpc) is 2.81. The topological polar surface area (TPSA) is 95.0 Å². The number of carbonyl (C=O) groups is 1. The number of carboxylic acids is 1. The smallest absolute Gasteiger partial charge is 0.358 e. The van der Waals surface area contributed by atoms with E-state index in [0.29, 0.717) is 18.9 Å². The molecule has 0 saturated heterocycles. The summed E-state index contributed by atoms with van der Waals surface area (Å²) in [7, 11) is 0. The summed E-state index contributed by atoms with van der Waals surface area (Å²) >= 11 is 0. The second kappa shape index (κ2) is 7.48.